The van der Waals surface area contributed by atoms with E-state index in [1.807, 2.05) is 13.8 Å². The molecule has 0 bridgehead atoms. The highest BCUT2D eigenvalue weighted by molar-refractivity contribution is 6.34. The Morgan fingerprint density at radius 2 is 1.42 bits per heavy atom. The third-order valence-corrected chi connectivity index (χ3v) is 3.09. The molecule has 19 heavy (non-hydrogen) atoms. The van der Waals surface area contributed by atoms with Crippen LogP contribution in [-0.4, -0.2) is 37.6 Å². The fraction of sp³-hybridized carbons (Fsp3) is 1.00. The first kappa shape index (κ1) is 18.9. The maximum atomic E-state index is 8.99. The van der Waals surface area contributed by atoms with Gasteiger partial charge in [0.25, 0.3) is 0 Å². The molecule has 0 amide bonds. The largest absolute Gasteiger partial charge is 0.637 e. The predicted molar refractivity (Wildman–Crippen MR) is 81.0 cm³/mol. The minimum Gasteiger partial charge on any atom is -0.402 e. The summed E-state index contributed by atoms with van der Waals surface area (Å²) >= 11 is 0. The lowest BCUT2D eigenvalue weighted by atomic mass is 10.1. The Kier molecular flexibility index (Phi) is 12.8. The molecule has 1 fully saturated rings. The van der Waals surface area contributed by atoms with Crippen molar-refractivity contribution in [1.82, 2.24) is 5.32 Å². The number of rotatable bonds is 6. The fourth-order valence-corrected chi connectivity index (χ4v) is 1.76. The van der Waals surface area contributed by atoms with Crippen molar-refractivity contribution in [2.45, 2.75) is 78.4 Å². The highest BCUT2D eigenvalue weighted by Gasteiger charge is 2.26. The number of nitrogens with one attached hydrogen (secondary N) is 1. The van der Waals surface area contributed by atoms with E-state index in [4.69, 9.17) is 14.3 Å². The van der Waals surface area contributed by atoms with Crippen LogP contribution in [0.3, 0.4) is 0 Å². The van der Waals surface area contributed by atoms with Gasteiger partial charge in [-0.25, -0.2) is 0 Å². The third-order valence-electron chi connectivity index (χ3n) is 3.09. The average molecular weight is 273 g/mol. The normalized spacial score (nSPS) is 23.5. The SMILES string of the molecule is CC1CCC(C)OB(O)O1.CCCCNCCCC. The van der Waals surface area contributed by atoms with Gasteiger partial charge in [0.1, 0.15) is 0 Å². The van der Waals surface area contributed by atoms with Gasteiger partial charge in [0.15, 0.2) is 0 Å². The van der Waals surface area contributed by atoms with Gasteiger partial charge in [-0.2, -0.15) is 0 Å². The van der Waals surface area contributed by atoms with Gasteiger partial charge in [0.2, 0.25) is 0 Å². The first-order chi connectivity index (χ1) is 9.10. The molecule has 1 aliphatic rings. The molecule has 1 saturated heterocycles. The van der Waals surface area contributed by atoms with E-state index in [9.17, 15) is 0 Å². The zero-order valence-corrected chi connectivity index (χ0v) is 13.2. The molecule has 5 heteroatoms. The lowest BCUT2D eigenvalue weighted by molar-refractivity contribution is 0.0994. The van der Waals surface area contributed by atoms with Crippen LogP contribution < -0.4 is 5.32 Å². The van der Waals surface area contributed by atoms with Crippen LogP contribution in [0.2, 0.25) is 0 Å². The second-order valence-electron chi connectivity index (χ2n) is 5.23. The first-order valence-corrected chi connectivity index (χ1v) is 7.79. The van der Waals surface area contributed by atoms with Crippen LogP contribution in [0.1, 0.15) is 66.2 Å². The van der Waals surface area contributed by atoms with Crippen molar-refractivity contribution in [2.24, 2.45) is 0 Å². The minimum atomic E-state index is -1.02. The highest BCUT2D eigenvalue weighted by atomic mass is 16.7. The monoisotopic (exact) mass is 273 g/mol. The van der Waals surface area contributed by atoms with Crippen LogP contribution in [0.15, 0.2) is 0 Å². The van der Waals surface area contributed by atoms with E-state index in [0.29, 0.717) is 0 Å². The molecule has 1 rings (SSSR count). The van der Waals surface area contributed by atoms with Crippen molar-refractivity contribution in [2.75, 3.05) is 13.1 Å². The van der Waals surface area contributed by atoms with Crippen LogP contribution in [0.25, 0.3) is 0 Å². The van der Waals surface area contributed by atoms with Crippen LogP contribution in [0, 0.1) is 0 Å². The zero-order chi connectivity index (χ0) is 14.5. The van der Waals surface area contributed by atoms with Crippen molar-refractivity contribution < 1.29 is 14.3 Å². The van der Waals surface area contributed by atoms with Crippen molar-refractivity contribution in [3.05, 3.63) is 0 Å². The van der Waals surface area contributed by atoms with Gasteiger partial charge in [-0.15, -0.1) is 0 Å². The van der Waals surface area contributed by atoms with E-state index in [0.717, 1.165) is 12.8 Å². The molecule has 2 N–H and O–H groups in total. The summed E-state index contributed by atoms with van der Waals surface area (Å²) in [7, 11) is -1.02. The fourth-order valence-electron chi connectivity index (χ4n) is 1.76. The van der Waals surface area contributed by atoms with Crippen molar-refractivity contribution in [3.63, 3.8) is 0 Å². The van der Waals surface area contributed by atoms with Gasteiger partial charge in [0, 0.05) is 12.2 Å². The summed E-state index contributed by atoms with van der Waals surface area (Å²) in [5.74, 6) is 0. The number of unbranched alkanes of at least 4 members (excludes halogenated alkanes) is 2. The molecular weight excluding hydrogens is 241 g/mol. The zero-order valence-electron chi connectivity index (χ0n) is 13.2. The summed E-state index contributed by atoms with van der Waals surface area (Å²) in [6.45, 7) is 10.7. The third kappa shape index (κ3) is 12.7. The molecule has 0 radical (unpaired) electrons. The second-order valence-corrected chi connectivity index (χ2v) is 5.23. The van der Waals surface area contributed by atoms with Crippen molar-refractivity contribution >= 4 is 7.32 Å². The summed E-state index contributed by atoms with van der Waals surface area (Å²) in [4.78, 5) is 0. The highest BCUT2D eigenvalue weighted by Crippen LogP contribution is 2.13. The molecule has 0 aliphatic carbocycles. The first-order valence-electron chi connectivity index (χ1n) is 7.79. The molecule has 2 atom stereocenters. The quantitative estimate of drug-likeness (QED) is 0.577. The molecule has 4 nitrogen and oxygen atoms in total. The minimum absolute atomic E-state index is 0.111. The molecule has 2 unspecified atom stereocenters. The van der Waals surface area contributed by atoms with E-state index in [1.165, 1.54) is 38.8 Å². The topological polar surface area (TPSA) is 50.7 Å². The summed E-state index contributed by atoms with van der Waals surface area (Å²) < 4.78 is 10.0. The smallest absolute Gasteiger partial charge is 0.402 e. The standard InChI is InChI=1S/C8H19N.C6H13BO3/c1-3-5-7-9-8-6-4-2;1-5-3-4-6(2)10-7(8)9-5/h9H,3-8H2,1-2H3;5-6,8H,3-4H2,1-2H3. The summed E-state index contributed by atoms with van der Waals surface area (Å²) in [6.07, 6.45) is 7.39. The van der Waals surface area contributed by atoms with E-state index in [1.54, 1.807) is 0 Å². The lowest BCUT2D eigenvalue weighted by Gasteiger charge is -2.08. The van der Waals surface area contributed by atoms with E-state index < -0.39 is 7.32 Å². The Morgan fingerprint density at radius 3 is 1.79 bits per heavy atom. The van der Waals surface area contributed by atoms with Gasteiger partial charge in [-0.05, 0) is 52.6 Å². The maximum absolute atomic E-state index is 8.99. The molecular formula is C14H32BNO3. The van der Waals surface area contributed by atoms with Crippen molar-refractivity contribution in [1.29, 1.82) is 0 Å². The van der Waals surface area contributed by atoms with Gasteiger partial charge >= 0.3 is 7.32 Å². The van der Waals surface area contributed by atoms with Gasteiger partial charge < -0.3 is 19.6 Å². The molecule has 0 aromatic carbocycles. The molecule has 0 spiro atoms. The molecule has 114 valence electrons. The maximum Gasteiger partial charge on any atom is 0.637 e. The predicted octanol–water partition coefficient (Wildman–Crippen LogP) is 2.74. The van der Waals surface area contributed by atoms with E-state index >= 15 is 0 Å². The second kappa shape index (κ2) is 12.9. The Hall–Kier alpha value is -0.0951. The molecule has 0 saturated carbocycles. The summed E-state index contributed by atoms with van der Waals surface area (Å²) in [5, 5.41) is 12.4. The van der Waals surface area contributed by atoms with Crippen LogP contribution >= 0.6 is 0 Å². The summed E-state index contributed by atoms with van der Waals surface area (Å²) in [5.41, 5.74) is 0. The van der Waals surface area contributed by atoms with E-state index in [-0.39, 0.29) is 12.2 Å². The summed E-state index contributed by atoms with van der Waals surface area (Å²) in [6, 6.07) is 0. The van der Waals surface area contributed by atoms with Crippen LogP contribution in [-0.2, 0) is 9.31 Å². The number of hydrogen-bond acceptors (Lipinski definition) is 4. The Morgan fingerprint density at radius 1 is 1.00 bits per heavy atom. The Balaban J connectivity index is 0.000000344. The van der Waals surface area contributed by atoms with Gasteiger partial charge in [-0.1, -0.05) is 26.7 Å². The van der Waals surface area contributed by atoms with Gasteiger partial charge in [0.05, 0.1) is 0 Å². The molecule has 1 heterocycles. The van der Waals surface area contributed by atoms with Gasteiger partial charge in [-0.3, -0.25) is 0 Å². The number of hydrogen-bond donors (Lipinski definition) is 2. The molecule has 0 aromatic heterocycles. The molecule has 0 aromatic rings. The van der Waals surface area contributed by atoms with E-state index in [2.05, 4.69) is 19.2 Å². The Bertz CT molecular complexity index is 178. The van der Waals surface area contributed by atoms with Crippen molar-refractivity contribution in [3.8, 4) is 0 Å². The Labute approximate surface area is 119 Å². The lowest BCUT2D eigenvalue weighted by Crippen LogP contribution is -2.26. The molecule has 1 aliphatic heterocycles. The van der Waals surface area contributed by atoms with Crippen LogP contribution in [0.4, 0.5) is 0 Å². The average Bonchev–Trinajstić information content (AvgIpc) is 2.50. The van der Waals surface area contributed by atoms with Crippen LogP contribution in [0.5, 0.6) is 0 Å².